The van der Waals surface area contributed by atoms with Crippen LogP contribution in [-0.2, 0) is 0 Å². The van der Waals surface area contributed by atoms with Crippen molar-refractivity contribution in [2.45, 2.75) is 13.5 Å². The summed E-state index contributed by atoms with van der Waals surface area (Å²) in [6.07, 6.45) is 0. The fraction of sp³-hybridized carbons (Fsp3) is 0.235. The summed E-state index contributed by atoms with van der Waals surface area (Å²) in [6.45, 7) is -1.14. The van der Waals surface area contributed by atoms with Crippen LogP contribution in [0.5, 0.6) is 17.2 Å². The number of aryl methyl sites for hydroxylation is 1. The Balaban J connectivity index is 2.22. The van der Waals surface area contributed by atoms with E-state index >= 15 is 0 Å². The molecule has 1 amide bonds. The summed E-state index contributed by atoms with van der Waals surface area (Å²) in [5.41, 5.74) is 1.58. The van der Waals surface area contributed by atoms with Crippen LogP contribution in [0.2, 0.25) is 0 Å². The Bertz CT molecular complexity index is 735. The number of hydrogen-bond acceptors (Lipinski definition) is 4. The Kier molecular flexibility index (Phi) is 5.57. The van der Waals surface area contributed by atoms with Crippen LogP contribution in [0, 0.1) is 6.92 Å². The van der Waals surface area contributed by atoms with E-state index in [-0.39, 0.29) is 11.5 Å². The quantitative estimate of drug-likeness (QED) is 0.869. The molecule has 0 aliphatic carbocycles. The van der Waals surface area contributed by atoms with Crippen LogP contribution in [0.3, 0.4) is 0 Å². The van der Waals surface area contributed by atoms with Gasteiger partial charge in [-0.3, -0.25) is 4.79 Å². The minimum atomic E-state index is -2.99. The number of anilines is 1. The lowest BCUT2D eigenvalue weighted by atomic mass is 10.1. The maximum Gasteiger partial charge on any atom is 0.387 e. The van der Waals surface area contributed by atoms with Gasteiger partial charge in [-0.1, -0.05) is 6.07 Å². The number of hydrogen-bond donors (Lipinski definition) is 1. The van der Waals surface area contributed by atoms with Crippen LogP contribution in [0.15, 0.2) is 36.4 Å². The third kappa shape index (κ3) is 4.13. The van der Waals surface area contributed by atoms with Crippen LogP contribution in [0.1, 0.15) is 15.9 Å². The summed E-state index contributed by atoms with van der Waals surface area (Å²) in [7, 11) is 2.85. The maximum atomic E-state index is 12.4. The Morgan fingerprint density at radius 1 is 1.00 bits per heavy atom. The molecule has 128 valence electrons. The van der Waals surface area contributed by atoms with Gasteiger partial charge in [-0.25, -0.2) is 0 Å². The van der Waals surface area contributed by atoms with Gasteiger partial charge in [-0.2, -0.15) is 8.78 Å². The second-order valence-electron chi connectivity index (χ2n) is 4.88. The molecule has 0 saturated carbocycles. The Morgan fingerprint density at radius 3 is 2.33 bits per heavy atom. The topological polar surface area (TPSA) is 56.8 Å². The molecule has 0 spiro atoms. The Morgan fingerprint density at radius 2 is 1.71 bits per heavy atom. The van der Waals surface area contributed by atoms with Crippen molar-refractivity contribution in [1.29, 1.82) is 0 Å². The average Bonchev–Trinajstić information content (AvgIpc) is 2.55. The van der Waals surface area contributed by atoms with Gasteiger partial charge in [0.25, 0.3) is 5.91 Å². The van der Waals surface area contributed by atoms with E-state index in [2.05, 4.69) is 10.1 Å². The van der Waals surface area contributed by atoms with Gasteiger partial charge in [0, 0.05) is 17.3 Å². The van der Waals surface area contributed by atoms with E-state index in [0.717, 1.165) is 5.56 Å². The highest BCUT2D eigenvalue weighted by atomic mass is 19.3. The number of carbonyl (C=O) groups is 1. The molecule has 1 N–H and O–H groups in total. The summed E-state index contributed by atoms with van der Waals surface area (Å²) in [6, 6.07) is 9.24. The van der Waals surface area contributed by atoms with Gasteiger partial charge >= 0.3 is 6.61 Å². The minimum Gasteiger partial charge on any atom is -0.496 e. The third-order valence-electron chi connectivity index (χ3n) is 3.31. The van der Waals surface area contributed by atoms with Gasteiger partial charge < -0.3 is 19.5 Å². The zero-order valence-electron chi connectivity index (χ0n) is 13.4. The van der Waals surface area contributed by atoms with E-state index in [0.29, 0.717) is 17.0 Å². The van der Waals surface area contributed by atoms with Crippen molar-refractivity contribution in [3.63, 3.8) is 0 Å². The zero-order chi connectivity index (χ0) is 17.7. The molecule has 2 aromatic carbocycles. The number of ether oxygens (including phenoxy) is 3. The van der Waals surface area contributed by atoms with Crippen LogP contribution in [-0.4, -0.2) is 26.7 Å². The standard InChI is InChI=1S/C17H17F2NO4/c1-10-4-5-11(8-14(10)23-3)16(21)20-12-6-7-13(22-2)15(9-12)24-17(18)19/h4-9,17H,1-3H3,(H,20,21). The molecular weight excluding hydrogens is 320 g/mol. The number of methoxy groups -OCH3 is 2. The first kappa shape index (κ1) is 17.5. The van der Waals surface area contributed by atoms with E-state index in [9.17, 15) is 13.6 Å². The van der Waals surface area contributed by atoms with Crippen LogP contribution in [0.4, 0.5) is 14.5 Å². The number of rotatable bonds is 6. The molecular formula is C17H17F2NO4. The van der Waals surface area contributed by atoms with Crippen LogP contribution in [0.25, 0.3) is 0 Å². The number of benzene rings is 2. The van der Waals surface area contributed by atoms with E-state index in [1.165, 1.54) is 32.4 Å². The molecule has 0 unspecified atom stereocenters. The number of alkyl halides is 2. The molecule has 5 nitrogen and oxygen atoms in total. The molecule has 0 aliphatic rings. The molecule has 0 radical (unpaired) electrons. The van der Waals surface area contributed by atoms with Gasteiger partial charge in [0.1, 0.15) is 5.75 Å². The van der Waals surface area contributed by atoms with Crippen molar-refractivity contribution in [2.75, 3.05) is 19.5 Å². The molecule has 0 saturated heterocycles. The summed E-state index contributed by atoms with van der Waals surface area (Å²) in [4.78, 5) is 12.3. The van der Waals surface area contributed by atoms with Crippen molar-refractivity contribution in [3.8, 4) is 17.2 Å². The van der Waals surface area contributed by atoms with Gasteiger partial charge in [0.15, 0.2) is 11.5 Å². The highest BCUT2D eigenvalue weighted by Gasteiger charge is 2.14. The highest BCUT2D eigenvalue weighted by Crippen LogP contribution is 2.31. The zero-order valence-corrected chi connectivity index (χ0v) is 13.4. The first-order valence-corrected chi connectivity index (χ1v) is 7.03. The first-order valence-electron chi connectivity index (χ1n) is 7.03. The monoisotopic (exact) mass is 337 g/mol. The molecule has 0 aromatic heterocycles. The second-order valence-corrected chi connectivity index (χ2v) is 4.88. The van der Waals surface area contributed by atoms with E-state index in [4.69, 9.17) is 9.47 Å². The summed E-state index contributed by atoms with van der Waals surface area (Å²) >= 11 is 0. The van der Waals surface area contributed by atoms with Gasteiger partial charge in [-0.15, -0.1) is 0 Å². The predicted molar refractivity (Wildman–Crippen MR) is 85.3 cm³/mol. The van der Waals surface area contributed by atoms with Crippen molar-refractivity contribution in [3.05, 3.63) is 47.5 Å². The fourth-order valence-corrected chi connectivity index (χ4v) is 2.11. The number of carbonyl (C=O) groups excluding carboxylic acids is 1. The summed E-state index contributed by atoms with van der Waals surface area (Å²) < 4.78 is 39.4. The maximum absolute atomic E-state index is 12.4. The molecule has 24 heavy (non-hydrogen) atoms. The summed E-state index contributed by atoms with van der Waals surface area (Å²) in [5.74, 6) is 0.164. The fourth-order valence-electron chi connectivity index (χ4n) is 2.11. The van der Waals surface area contributed by atoms with E-state index < -0.39 is 12.5 Å². The minimum absolute atomic E-state index is 0.144. The number of nitrogens with one attached hydrogen (secondary N) is 1. The summed E-state index contributed by atoms with van der Waals surface area (Å²) in [5, 5.41) is 2.62. The lowest BCUT2D eigenvalue weighted by Gasteiger charge is -2.13. The van der Waals surface area contributed by atoms with Crippen molar-refractivity contribution in [2.24, 2.45) is 0 Å². The van der Waals surface area contributed by atoms with Crippen molar-refractivity contribution >= 4 is 11.6 Å². The molecule has 7 heteroatoms. The van der Waals surface area contributed by atoms with E-state index in [1.807, 2.05) is 6.92 Å². The molecule has 0 heterocycles. The molecule has 0 aliphatic heterocycles. The Hall–Kier alpha value is -2.83. The normalized spacial score (nSPS) is 10.4. The first-order chi connectivity index (χ1) is 11.4. The van der Waals surface area contributed by atoms with E-state index in [1.54, 1.807) is 18.2 Å². The van der Waals surface area contributed by atoms with Gasteiger partial charge in [0.2, 0.25) is 0 Å². The predicted octanol–water partition coefficient (Wildman–Crippen LogP) is 3.87. The average molecular weight is 337 g/mol. The van der Waals surface area contributed by atoms with Crippen molar-refractivity contribution < 1.29 is 27.8 Å². The second kappa shape index (κ2) is 7.63. The molecule has 0 fully saturated rings. The largest absolute Gasteiger partial charge is 0.496 e. The van der Waals surface area contributed by atoms with Gasteiger partial charge in [0.05, 0.1) is 14.2 Å². The SMILES string of the molecule is COc1cc(C(=O)Nc2ccc(OC)c(OC(F)F)c2)ccc1C. The number of halogens is 2. The smallest absolute Gasteiger partial charge is 0.387 e. The van der Waals surface area contributed by atoms with Crippen LogP contribution < -0.4 is 19.5 Å². The van der Waals surface area contributed by atoms with Gasteiger partial charge in [-0.05, 0) is 36.8 Å². The Labute approximate surface area is 138 Å². The molecule has 2 rings (SSSR count). The molecule has 2 aromatic rings. The third-order valence-corrected chi connectivity index (χ3v) is 3.31. The lowest BCUT2D eigenvalue weighted by molar-refractivity contribution is -0.0511. The molecule has 0 bridgehead atoms. The number of amides is 1. The lowest BCUT2D eigenvalue weighted by Crippen LogP contribution is -2.12. The molecule has 0 atom stereocenters. The van der Waals surface area contributed by atoms with Crippen molar-refractivity contribution in [1.82, 2.24) is 0 Å². The van der Waals surface area contributed by atoms with Crippen LogP contribution >= 0.6 is 0 Å². The highest BCUT2D eigenvalue weighted by molar-refractivity contribution is 6.04.